The third-order valence-electron chi connectivity index (χ3n) is 5.20. The van der Waals surface area contributed by atoms with E-state index in [0.717, 1.165) is 25.7 Å². The largest absolute Gasteiger partial charge is 0.481 e. The summed E-state index contributed by atoms with van der Waals surface area (Å²) in [5.41, 5.74) is 0. The summed E-state index contributed by atoms with van der Waals surface area (Å²) in [7, 11) is 0. The fraction of sp³-hybridized carbons (Fsp3) is 0.750. The van der Waals surface area contributed by atoms with E-state index >= 15 is 0 Å². The number of carbonyl (C=O) groups is 1. The lowest BCUT2D eigenvalue weighted by Crippen LogP contribution is -2.21. The number of carboxylic acids is 1. The Labute approximate surface area is 146 Å². The van der Waals surface area contributed by atoms with Crippen molar-refractivity contribution in [2.45, 2.75) is 83.2 Å². The van der Waals surface area contributed by atoms with Crippen molar-refractivity contribution in [2.75, 3.05) is 0 Å². The van der Waals surface area contributed by atoms with Gasteiger partial charge in [-0.1, -0.05) is 50.5 Å². The standard InChI is InChI=1S/C20H32N2O2/c1-2-3-4-5-6-9-12-16-17(19-15-18(16)21-22-19)13-10-7-8-11-14-20(23)24/h7,9-10,12,16-19H,2-6,8,11,13-15H2,1H3,(H,23,24)/b10-7-,12-9+/t16-,17-,18?,19?/m1/s1. The molecule has 0 aromatic carbocycles. The molecule has 1 aliphatic heterocycles. The quantitative estimate of drug-likeness (QED) is 0.376. The van der Waals surface area contributed by atoms with E-state index < -0.39 is 5.97 Å². The van der Waals surface area contributed by atoms with Gasteiger partial charge in [0.25, 0.3) is 0 Å². The normalized spacial score (nSPS) is 28.5. The molecule has 0 saturated heterocycles. The number of allylic oxidation sites excluding steroid dienone is 3. The van der Waals surface area contributed by atoms with Crippen LogP contribution in [0.15, 0.2) is 34.5 Å². The van der Waals surface area contributed by atoms with Crippen molar-refractivity contribution in [1.82, 2.24) is 0 Å². The molecule has 134 valence electrons. The first-order chi connectivity index (χ1) is 11.7. The number of fused-ring (bicyclic) bond motifs is 2. The number of unbranched alkanes of at least 4 members (excludes halogenated alkanes) is 5. The monoisotopic (exact) mass is 332 g/mol. The molecule has 2 unspecified atom stereocenters. The highest BCUT2D eigenvalue weighted by atomic mass is 16.4. The van der Waals surface area contributed by atoms with Crippen LogP contribution in [0.5, 0.6) is 0 Å². The van der Waals surface area contributed by atoms with Crippen molar-refractivity contribution < 1.29 is 9.90 Å². The molecule has 0 aromatic heterocycles. The Kier molecular flexibility index (Phi) is 8.20. The molecule has 0 aromatic rings. The third-order valence-corrected chi connectivity index (χ3v) is 5.20. The molecule has 2 aliphatic rings. The maximum absolute atomic E-state index is 10.5. The average Bonchev–Trinajstić information content (AvgIpc) is 3.15. The highest BCUT2D eigenvalue weighted by molar-refractivity contribution is 5.66. The number of rotatable bonds is 12. The fourth-order valence-corrected chi connectivity index (χ4v) is 3.82. The van der Waals surface area contributed by atoms with Crippen molar-refractivity contribution in [3.05, 3.63) is 24.3 Å². The van der Waals surface area contributed by atoms with Crippen molar-refractivity contribution in [1.29, 1.82) is 0 Å². The summed E-state index contributed by atoms with van der Waals surface area (Å²) in [6.45, 7) is 2.25. The number of hydrogen-bond acceptors (Lipinski definition) is 3. The molecule has 2 bridgehead atoms. The van der Waals surface area contributed by atoms with E-state index in [1.807, 2.05) is 0 Å². The van der Waals surface area contributed by atoms with Crippen molar-refractivity contribution in [2.24, 2.45) is 22.1 Å². The van der Waals surface area contributed by atoms with Gasteiger partial charge >= 0.3 is 5.97 Å². The molecular weight excluding hydrogens is 300 g/mol. The van der Waals surface area contributed by atoms with Gasteiger partial charge in [0.1, 0.15) is 0 Å². The molecule has 0 radical (unpaired) electrons. The van der Waals surface area contributed by atoms with E-state index in [0.29, 0.717) is 23.9 Å². The predicted octanol–water partition coefficient (Wildman–Crippen LogP) is 5.55. The van der Waals surface area contributed by atoms with Crippen LogP contribution in [0.2, 0.25) is 0 Å². The minimum atomic E-state index is -0.707. The molecule has 1 aliphatic carbocycles. The molecular formula is C20H32N2O2. The number of azo groups is 1. The molecule has 2 rings (SSSR count). The molecule has 4 heteroatoms. The van der Waals surface area contributed by atoms with Gasteiger partial charge in [-0.25, -0.2) is 0 Å². The molecule has 1 fully saturated rings. The van der Waals surface area contributed by atoms with Gasteiger partial charge in [0.05, 0.1) is 12.1 Å². The maximum Gasteiger partial charge on any atom is 0.303 e. The Hall–Kier alpha value is -1.45. The summed E-state index contributed by atoms with van der Waals surface area (Å²) >= 11 is 0. The molecule has 4 nitrogen and oxygen atoms in total. The lowest BCUT2D eigenvalue weighted by atomic mass is 9.87. The first kappa shape index (κ1) is 18.9. The Bertz CT molecular complexity index is 470. The Morgan fingerprint density at radius 1 is 1.04 bits per heavy atom. The highest BCUT2D eigenvalue weighted by Crippen LogP contribution is 2.44. The third kappa shape index (κ3) is 5.88. The molecule has 0 amide bonds. The summed E-state index contributed by atoms with van der Waals surface area (Å²) in [5, 5.41) is 17.5. The number of carboxylic acid groups (broad SMARTS) is 1. The van der Waals surface area contributed by atoms with Crippen LogP contribution in [-0.4, -0.2) is 23.2 Å². The second-order valence-corrected chi connectivity index (χ2v) is 7.11. The van der Waals surface area contributed by atoms with Gasteiger partial charge in [-0.05, 0) is 44.4 Å². The van der Waals surface area contributed by atoms with Gasteiger partial charge in [-0.15, -0.1) is 0 Å². The zero-order chi connectivity index (χ0) is 17.2. The van der Waals surface area contributed by atoms with Gasteiger partial charge in [0, 0.05) is 12.3 Å². The van der Waals surface area contributed by atoms with Gasteiger partial charge in [-0.3, -0.25) is 4.79 Å². The topological polar surface area (TPSA) is 62.0 Å². The smallest absolute Gasteiger partial charge is 0.303 e. The number of nitrogens with zero attached hydrogens (tertiary/aromatic N) is 2. The second-order valence-electron chi connectivity index (χ2n) is 7.11. The summed E-state index contributed by atoms with van der Waals surface area (Å²) < 4.78 is 0. The second kappa shape index (κ2) is 10.4. The van der Waals surface area contributed by atoms with Crippen LogP contribution >= 0.6 is 0 Å². The van der Waals surface area contributed by atoms with E-state index in [9.17, 15) is 4.79 Å². The van der Waals surface area contributed by atoms with Crippen LogP contribution in [0, 0.1) is 11.8 Å². The van der Waals surface area contributed by atoms with Gasteiger partial charge in [0.15, 0.2) is 0 Å². The van der Waals surface area contributed by atoms with Crippen LogP contribution in [0.3, 0.4) is 0 Å². The molecule has 1 saturated carbocycles. The van der Waals surface area contributed by atoms with E-state index in [1.165, 1.54) is 32.1 Å². The summed E-state index contributed by atoms with van der Waals surface area (Å²) in [6.07, 6.45) is 19.6. The number of hydrogen-bond donors (Lipinski definition) is 1. The molecule has 24 heavy (non-hydrogen) atoms. The minimum absolute atomic E-state index is 0.260. The van der Waals surface area contributed by atoms with Gasteiger partial charge < -0.3 is 5.11 Å². The zero-order valence-corrected chi connectivity index (χ0v) is 14.9. The SMILES string of the molecule is CCCCCC/C=C/[C@H]1C2CC(N=N2)[C@@H]1C/C=C\CCCC(=O)O. The maximum atomic E-state index is 10.5. The van der Waals surface area contributed by atoms with Crippen molar-refractivity contribution in [3.8, 4) is 0 Å². The van der Waals surface area contributed by atoms with E-state index in [2.05, 4.69) is 41.5 Å². The van der Waals surface area contributed by atoms with Gasteiger partial charge in [-0.2, -0.15) is 10.2 Å². The predicted molar refractivity (Wildman–Crippen MR) is 97.2 cm³/mol. The van der Waals surface area contributed by atoms with E-state index in [-0.39, 0.29) is 6.42 Å². The molecule has 4 atom stereocenters. The lowest BCUT2D eigenvalue weighted by molar-refractivity contribution is -0.137. The van der Waals surface area contributed by atoms with Crippen LogP contribution in [0.25, 0.3) is 0 Å². The van der Waals surface area contributed by atoms with Crippen molar-refractivity contribution >= 4 is 5.97 Å². The fourth-order valence-electron chi connectivity index (χ4n) is 3.82. The molecule has 1 heterocycles. The highest BCUT2D eigenvalue weighted by Gasteiger charge is 2.45. The van der Waals surface area contributed by atoms with Crippen LogP contribution < -0.4 is 0 Å². The Balaban J connectivity index is 1.73. The first-order valence-electron chi connectivity index (χ1n) is 9.65. The van der Waals surface area contributed by atoms with Crippen LogP contribution in [0.4, 0.5) is 0 Å². The Morgan fingerprint density at radius 3 is 2.62 bits per heavy atom. The molecule has 1 N–H and O–H groups in total. The van der Waals surface area contributed by atoms with Crippen LogP contribution in [-0.2, 0) is 4.79 Å². The zero-order valence-electron chi connectivity index (χ0n) is 14.9. The summed E-state index contributed by atoms with van der Waals surface area (Å²) in [4.78, 5) is 10.5. The van der Waals surface area contributed by atoms with Gasteiger partial charge in [0.2, 0.25) is 0 Å². The minimum Gasteiger partial charge on any atom is -0.481 e. The molecule has 0 spiro atoms. The van der Waals surface area contributed by atoms with Crippen molar-refractivity contribution in [3.63, 3.8) is 0 Å². The van der Waals surface area contributed by atoms with E-state index in [4.69, 9.17) is 5.11 Å². The summed E-state index contributed by atoms with van der Waals surface area (Å²) in [5.74, 6) is 0.415. The lowest BCUT2D eigenvalue weighted by Gasteiger charge is -2.22. The first-order valence-corrected chi connectivity index (χ1v) is 9.65. The number of aliphatic carboxylic acids is 1. The van der Waals surface area contributed by atoms with E-state index in [1.54, 1.807) is 0 Å². The van der Waals surface area contributed by atoms with Crippen LogP contribution in [0.1, 0.15) is 71.1 Å². The Morgan fingerprint density at radius 2 is 1.83 bits per heavy atom. The average molecular weight is 332 g/mol. The summed E-state index contributed by atoms with van der Waals surface area (Å²) in [6, 6.07) is 0.792.